The first-order valence-corrected chi connectivity index (χ1v) is 11.8. The Bertz CT molecular complexity index is 1160. The Hall–Kier alpha value is -3.47. The van der Waals surface area contributed by atoms with Crippen molar-refractivity contribution in [2.75, 3.05) is 26.3 Å². The van der Waals surface area contributed by atoms with E-state index in [1.807, 2.05) is 36.4 Å². The molecule has 1 N–H and O–H groups in total. The second-order valence-corrected chi connectivity index (χ2v) is 8.67. The lowest BCUT2D eigenvalue weighted by atomic mass is 10.1. The molecule has 0 aliphatic carbocycles. The summed E-state index contributed by atoms with van der Waals surface area (Å²) in [5.74, 6) is 2.21. The molecule has 0 bridgehead atoms. The average Bonchev–Trinajstić information content (AvgIpc) is 3.38. The van der Waals surface area contributed by atoms with E-state index in [1.54, 1.807) is 6.20 Å². The normalized spacial score (nSPS) is 18.4. The molecule has 5 rings (SSSR count). The molecule has 0 amide bonds. The molecule has 3 aromatic rings. The molecule has 1 atom stereocenters. The summed E-state index contributed by atoms with van der Waals surface area (Å²) in [7, 11) is 0. The molecule has 1 aromatic heterocycles. The highest BCUT2D eigenvalue weighted by Gasteiger charge is 2.18. The van der Waals surface area contributed by atoms with E-state index < -0.39 is 0 Å². The predicted octanol–water partition coefficient (Wildman–Crippen LogP) is 3.90. The van der Waals surface area contributed by atoms with E-state index in [1.165, 1.54) is 0 Å². The summed E-state index contributed by atoms with van der Waals surface area (Å²) < 4.78 is 17.6. The lowest BCUT2D eigenvalue weighted by molar-refractivity contribution is 0.0254. The Morgan fingerprint density at radius 3 is 2.76 bits per heavy atom. The minimum Gasteiger partial charge on any atom is -0.489 e. The van der Waals surface area contributed by atoms with Crippen LogP contribution in [-0.4, -0.2) is 48.5 Å². The van der Waals surface area contributed by atoms with Gasteiger partial charge in [0.1, 0.15) is 35.6 Å². The lowest BCUT2D eigenvalue weighted by Gasteiger charge is -2.23. The Labute approximate surface area is 199 Å². The number of nitrogens with zero attached hydrogens (tertiary/aromatic N) is 3. The van der Waals surface area contributed by atoms with Gasteiger partial charge in [-0.2, -0.15) is 5.26 Å². The average molecular weight is 457 g/mol. The first-order chi connectivity index (χ1) is 16.8. The number of nitriles is 1. The maximum absolute atomic E-state index is 9.69. The number of hydrogen-bond acceptors (Lipinski definition) is 7. The molecule has 0 saturated carbocycles. The monoisotopic (exact) mass is 456 g/mol. The van der Waals surface area contributed by atoms with Crippen molar-refractivity contribution in [1.29, 1.82) is 5.26 Å². The van der Waals surface area contributed by atoms with Gasteiger partial charge in [0.2, 0.25) is 0 Å². The molecular weight excluding hydrogens is 428 g/mol. The van der Waals surface area contributed by atoms with Gasteiger partial charge in [-0.05, 0) is 54.9 Å². The first kappa shape index (κ1) is 22.3. The van der Waals surface area contributed by atoms with E-state index in [0.29, 0.717) is 30.9 Å². The molecule has 34 heavy (non-hydrogen) atoms. The van der Waals surface area contributed by atoms with Crippen LogP contribution in [0.5, 0.6) is 11.5 Å². The molecule has 2 fully saturated rings. The molecule has 0 spiro atoms. The molecule has 3 heterocycles. The summed E-state index contributed by atoms with van der Waals surface area (Å²) >= 11 is 0. The van der Waals surface area contributed by atoms with Crippen LogP contribution in [0.1, 0.15) is 36.2 Å². The molecule has 0 radical (unpaired) electrons. The molecular formula is C27H28N4O3. The summed E-state index contributed by atoms with van der Waals surface area (Å²) in [6.45, 7) is 3.28. The van der Waals surface area contributed by atoms with Gasteiger partial charge in [0.25, 0.3) is 0 Å². The van der Waals surface area contributed by atoms with E-state index in [-0.39, 0.29) is 12.2 Å². The van der Waals surface area contributed by atoms with Crippen molar-refractivity contribution in [2.24, 2.45) is 0 Å². The van der Waals surface area contributed by atoms with Gasteiger partial charge in [-0.15, -0.1) is 0 Å². The minimum atomic E-state index is 0.0852. The molecule has 174 valence electrons. The van der Waals surface area contributed by atoms with Crippen LogP contribution in [0.15, 0.2) is 54.7 Å². The molecule has 7 nitrogen and oxygen atoms in total. The van der Waals surface area contributed by atoms with Crippen LogP contribution in [0.3, 0.4) is 0 Å². The maximum Gasteiger partial charge on any atom is 0.137 e. The summed E-state index contributed by atoms with van der Waals surface area (Å²) in [6.07, 6.45) is 5.38. The highest BCUT2D eigenvalue weighted by atomic mass is 16.5. The van der Waals surface area contributed by atoms with Crippen LogP contribution in [-0.2, 0) is 11.2 Å². The maximum atomic E-state index is 9.69. The number of ether oxygens (including phenoxy) is 3. The highest BCUT2D eigenvalue weighted by Crippen LogP contribution is 2.28. The standard InChI is InChI=1S/C27H28N4O3/c28-17-21-16-20(4-5-26(21)34-22-8-12-32-13-9-22)25-7-11-30-27(31-25)15-19-2-1-3-23(14-19)33-24-6-10-29-18-24/h1-5,7,11,14,16,22,24,29H,6,8-10,12-13,15,18H2. The second kappa shape index (κ2) is 10.6. The molecule has 2 aliphatic heterocycles. The van der Waals surface area contributed by atoms with Crippen LogP contribution in [0, 0.1) is 11.3 Å². The smallest absolute Gasteiger partial charge is 0.137 e. The van der Waals surface area contributed by atoms with Gasteiger partial charge in [0, 0.05) is 37.6 Å². The molecule has 2 aliphatic rings. The van der Waals surface area contributed by atoms with Crippen LogP contribution in [0.2, 0.25) is 0 Å². The highest BCUT2D eigenvalue weighted by molar-refractivity contribution is 5.64. The number of benzene rings is 2. The van der Waals surface area contributed by atoms with Crippen molar-refractivity contribution in [3.8, 4) is 28.8 Å². The van der Waals surface area contributed by atoms with Crippen LogP contribution >= 0.6 is 0 Å². The van der Waals surface area contributed by atoms with Gasteiger partial charge in [0.05, 0.1) is 24.5 Å². The quantitative estimate of drug-likeness (QED) is 0.577. The fourth-order valence-corrected chi connectivity index (χ4v) is 4.33. The third-order valence-corrected chi connectivity index (χ3v) is 6.14. The third-order valence-electron chi connectivity index (χ3n) is 6.14. The summed E-state index contributed by atoms with van der Waals surface area (Å²) in [5, 5.41) is 13.0. The van der Waals surface area contributed by atoms with Gasteiger partial charge >= 0.3 is 0 Å². The number of aromatic nitrogens is 2. The van der Waals surface area contributed by atoms with Crippen molar-refractivity contribution in [3.63, 3.8) is 0 Å². The van der Waals surface area contributed by atoms with Crippen LogP contribution in [0.4, 0.5) is 0 Å². The molecule has 7 heteroatoms. The summed E-state index contributed by atoms with van der Waals surface area (Å²) in [6, 6.07) is 17.9. The topological polar surface area (TPSA) is 89.3 Å². The van der Waals surface area contributed by atoms with Gasteiger partial charge in [-0.25, -0.2) is 9.97 Å². The van der Waals surface area contributed by atoms with Crippen molar-refractivity contribution in [1.82, 2.24) is 15.3 Å². The Morgan fingerprint density at radius 2 is 1.94 bits per heavy atom. The molecule has 1 unspecified atom stereocenters. The summed E-state index contributed by atoms with van der Waals surface area (Å²) in [4.78, 5) is 9.23. The fourth-order valence-electron chi connectivity index (χ4n) is 4.33. The van der Waals surface area contributed by atoms with Crippen LogP contribution < -0.4 is 14.8 Å². The zero-order chi connectivity index (χ0) is 23.2. The van der Waals surface area contributed by atoms with Crippen molar-refractivity contribution < 1.29 is 14.2 Å². The number of hydrogen-bond donors (Lipinski definition) is 1. The van der Waals surface area contributed by atoms with Crippen molar-refractivity contribution >= 4 is 0 Å². The van der Waals surface area contributed by atoms with Crippen molar-refractivity contribution in [2.45, 2.75) is 37.9 Å². The van der Waals surface area contributed by atoms with E-state index in [0.717, 1.165) is 60.7 Å². The largest absolute Gasteiger partial charge is 0.489 e. The fraction of sp³-hybridized carbons (Fsp3) is 0.370. The number of nitrogens with one attached hydrogen (secondary N) is 1. The minimum absolute atomic E-state index is 0.0852. The third kappa shape index (κ3) is 5.53. The van der Waals surface area contributed by atoms with E-state index in [2.05, 4.69) is 28.5 Å². The van der Waals surface area contributed by atoms with E-state index >= 15 is 0 Å². The van der Waals surface area contributed by atoms with Crippen molar-refractivity contribution in [3.05, 3.63) is 71.7 Å². The first-order valence-electron chi connectivity index (χ1n) is 11.8. The van der Waals surface area contributed by atoms with Gasteiger partial charge in [-0.1, -0.05) is 12.1 Å². The van der Waals surface area contributed by atoms with E-state index in [4.69, 9.17) is 19.2 Å². The molecule has 2 aromatic carbocycles. The Morgan fingerprint density at radius 1 is 1.03 bits per heavy atom. The molecule has 2 saturated heterocycles. The van der Waals surface area contributed by atoms with Gasteiger partial charge in [0.15, 0.2) is 0 Å². The Balaban J connectivity index is 1.30. The Kier molecular flexibility index (Phi) is 6.99. The number of rotatable bonds is 7. The predicted molar refractivity (Wildman–Crippen MR) is 128 cm³/mol. The van der Waals surface area contributed by atoms with Crippen LogP contribution in [0.25, 0.3) is 11.3 Å². The SMILES string of the molecule is N#Cc1cc(-c2ccnc(Cc3cccc(OC4CCNC4)c3)n2)ccc1OC1CCOCC1. The lowest BCUT2D eigenvalue weighted by Crippen LogP contribution is -2.26. The zero-order valence-corrected chi connectivity index (χ0v) is 19.1. The van der Waals surface area contributed by atoms with Gasteiger partial charge < -0.3 is 19.5 Å². The van der Waals surface area contributed by atoms with Gasteiger partial charge in [-0.3, -0.25) is 0 Å². The second-order valence-electron chi connectivity index (χ2n) is 8.67. The van der Waals surface area contributed by atoms with E-state index in [9.17, 15) is 5.26 Å². The zero-order valence-electron chi connectivity index (χ0n) is 19.1. The summed E-state index contributed by atoms with van der Waals surface area (Å²) in [5.41, 5.74) is 3.25.